The molecule has 0 amide bonds. The molecule has 0 aliphatic heterocycles. The molecule has 1 heterocycles. The first-order valence-corrected chi connectivity index (χ1v) is 10.4. The Morgan fingerprint density at radius 3 is 2.57 bits per heavy atom. The molecule has 0 saturated carbocycles. The molecule has 0 bridgehead atoms. The van der Waals surface area contributed by atoms with Crippen LogP contribution < -0.4 is 5.69 Å². The van der Waals surface area contributed by atoms with Crippen LogP contribution in [0.5, 0.6) is 5.88 Å². The number of aromatic amines is 1. The Morgan fingerprint density at radius 1 is 1.17 bits per heavy atom. The largest absolute Gasteiger partial charge is 0.493 e. The summed E-state index contributed by atoms with van der Waals surface area (Å²) in [4.78, 5) is 25.8. The first-order chi connectivity index (χ1) is 14.5. The van der Waals surface area contributed by atoms with Crippen LogP contribution in [0.2, 0.25) is 0 Å². The first-order valence-electron chi connectivity index (χ1n) is 10.4. The van der Waals surface area contributed by atoms with Crippen LogP contribution >= 0.6 is 0 Å². The van der Waals surface area contributed by atoms with Crippen LogP contribution in [0.25, 0.3) is 5.69 Å². The lowest BCUT2D eigenvalue weighted by Crippen LogP contribution is -2.18. The zero-order valence-corrected chi connectivity index (χ0v) is 17.7. The van der Waals surface area contributed by atoms with Gasteiger partial charge in [-0.3, -0.25) is 14.3 Å². The van der Waals surface area contributed by atoms with E-state index in [1.165, 1.54) is 11.7 Å². The highest BCUT2D eigenvalue weighted by atomic mass is 16.5. The summed E-state index contributed by atoms with van der Waals surface area (Å²) >= 11 is 0. The van der Waals surface area contributed by atoms with Crippen molar-refractivity contribution in [3.8, 4) is 11.6 Å². The third-order valence-corrected chi connectivity index (χ3v) is 4.97. The summed E-state index contributed by atoms with van der Waals surface area (Å²) in [5.41, 5.74) is 1.38. The number of nitrogens with zero attached hydrogens (tertiary/aromatic N) is 1. The molecular weight excluding hydrogens is 388 g/mol. The van der Waals surface area contributed by atoms with Crippen LogP contribution in [-0.4, -0.2) is 46.1 Å². The van der Waals surface area contributed by atoms with Crippen molar-refractivity contribution in [2.75, 3.05) is 20.3 Å². The number of benzene rings is 1. The number of nitrogens with one attached hydrogen (secondary N) is 1. The molecule has 0 aliphatic rings. The SMILES string of the molecule is CCCCCC(O)c1ccc(-n2c(CCOCCCC(=O)OC)c(O)[nH]c2=O)cc1. The zero-order chi connectivity index (χ0) is 21.9. The number of methoxy groups -OCH3 is 1. The smallest absolute Gasteiger partial charge is 0.333 e. The third-order valence-electron chi connectivity index (χ3n) is 4.97. The molecule has 1 atom stereocenters. The van der Waals surface area contributed by atoms with E-state index in [0.29, 0.717) is 43.9 Å². The van der Waals surface area contributed by atoms with Gasteiger partial charge in [0.25, 0.3) is 0 Å². The van der Waals surface area contributed by atoms with Crippen molar-refractivity contribution in [2.45, 2.75) is 58.0 Å². The molecule has 1 aromatic heterocycles. The maximum atomic E-state index is 12.3. The van der Waals surface area contributed by atoms with Crippen LogP contribution in [0.1, 0.15) is 62.8 Å². The molecular formula is C22H32N2O6. The van der Waals surface area contributed by atoms with Gasteiger partial charge >= 0.3 is 11.7 Å². The van der Waals surface area contributed by atoms with Crippen LogP contribution in [0, 0.1) is 0 Å². The number of hydrogen-bond donors (Lipinski definition) is 3. The van der Waals surface area contributed by atoms with Gasteiger partial charge in [-0.05, 0) is 30.5 Å². The van der Waals surface area contributed by atoms with Crippen molar-refractivity contribution in [3.05, 3.63) is 46.0 Å². The van der Waals surface area contributed by atoms with Crippen molar-refractivity contribution in [2.24, 2.45) is 0 Å². The number of hydrogen-bond acceptors (Lipinski definition) is 6. The Hall–Kier alpha value is -2.58. The minimum Gasteiger partial charge on any atom is -0.493 e. The Labute approximate surface area is 176 Å². The minimum atomic E-state index is -0.528. The summed E-state index contributed by atoms with van der Waals surface area (Å²) in [6, 6.07) is 7.12. The van der Waals surface area contributed by atoms with E-state index in [1.807, 2.05) is 0 Å². The van der Waals surface area contributed by atoms with Crippen LogP contribution in [0.4, 0.5) is 0 Å². The number of imidazole rings is 1. The molecule has 8 heteroatoms. The maximum absolute atomic E-state index is 12.3. The summed E-state index contributed by atoms with van der Waals surface area (Å²) in [5.74, 6) is -0.475. The number of esters is 1. The van der Waals surface area contributed by atoms with Gasteiger partial charge in [-0.25, -0.2) is 4.79 Å². The van der Waals surface area contributed by atoms with Crippen LogP contribution in [-0.2, 0) is 20.7 Å². The molecule has 0 fully saturated rings. The summed E-state index contributed by atoms with van der Waals surface area (Å²) in [7, 11) is 1.34. The van der Waals surface area contributed by atoms with Gasteiger partial charge < -0.3 is 19.7 Å². The molecule has 30 heavy (non-hydrogen) atoms. The van der Waals surface area contributed by atoms with E-state index >= 15 is 0 Å². The molecule has 0 saturated heterocycles. The first kappa shape index (κ1) is 23.7. The maximum Gasteiger partial charge on any atom is 0.333 e. The Balaban J connectivity index is 1.99. The van der Waals surface area contributed by atoms with Crippen LogP contribution in [0.3, 0.4) is 0 Å². The number of aliphatic hydroxyl groups is 1. The number of unbranched alkanes of at least 4 members (excludes halogenated alkanes) is 2. The van der Waals surface area contributed by atoms with Gasteiger partial charge in [-0.2, -0.15) is 0 Å². The van der Waals surface area contributed by atoms with E-state index in [4.69, 9.17) is 4.74 Å². The molecule has 0 radical (unpaired) electrons. The molecule has 3 N–H and O–H groups in total. The van der Waals surface area contributed by atoms with E-state index < -0.39 is 11.8 Å². The normalized spacial score (nSPS) is 12.1. The van der Waals surface area contributed by atoms with Crippen molar-refractivity contribution in [3.63, 3.8) is 0 Å². The number of aliphatic hydroxyl groups excluding tert-OH is 1. The van der Waals surface area contributed by atoms with Gasteiger partial charge in [-0.15, -0.1) is 0 Å². The molecule has 2 rings (SSSR count). The summed E-state index contributed by atoms with van der Waals surface area (Å²) in [6.07, 6.45) is 4.48. The Kier molecular flexibility index (Phi) is 9.63. The number of aromatic nitrogens is 2. The molecule has 1 aromatic carbocycles. The number of aromatic hydroxyl groups is 1. The monoisotopic (exact) mass is 420 g/mol. The predicted molar refractivity (Wildman–Crippen MR) is 113 cm³/mol. The Bertz CT molecular complexity index is 840. The highest BCUT2D eigenvalue weighted by Gasteiger charge is 2.16. The lowest BCUT2D eigenvalue weighted by molar-refractivity contribution is -0.141. The highest BCUT2D eigenvalue weighted by Crippen LogP contribution is 2.23. The summed E-state index contributed by atoms with van der Waals surface area (Å²) < 4.78 is 11.5. The van der Waals surface area contributed by atoms with Gasteiger partial charge in [0.1, 0.15) is 0 Å². The zero-order valence-electron chi connectivity index (χ0n) is 17.7. The fourth-order valence-corrected chi connectivity index (χ4v) is 3.25. The lowest BCUT2D eigenvalue weighted by Gasteiger charge is -2.13. The van der Waals surface area contributed by atoms with Gasteiger partial charge in [0.2, 0.25) is 5.88 Å². The predicted octanol–water partition coefficient (Wildman–Crippen LogP) is 3.00. The van der Waals surface area contributed by atoms with Gasteiger partial charge in [0, 0.05) is 19.4 Å². The van der Waals surface area contributed by atoms with Crippen molar-refractivity contribution < 1.29 is 24.5 Å². The molecule has 1 unspecified atom stereocenters. The Morgan fingerprint density at radius 2 is 1.90 bits per heavy atom. The lowest BCUT2D eigenvalue weighted by atomic mass is 10.0. The standard InChI is InChI=1S/C22H32N2O6/c1-3-4-5-7-19(25)16-9-11-17(12-10-16)24-18(21(27)23-22(24)28)13-15-30-14-6-8-20(26)29-2/h9-12,19,25,27H,3-8,13-15H2,1-2H3,(H,23,28). The second-order valence-electron chi connectivity index (χ2n) is 7.21. The number of carbonyl (C=O) groups is 1. The summed E-state index contributed by atoms with van der Waals surface area (Å²) in [5, 5.41) is 20.4. The molecule has 8 nitrogen and oxygen atoms in total. The topological polar surface area (TPSA) is 114 Å². The molecule has 166 valence electrons. The second kappa shape index (κ2) is 12.2. The highest BCUT2D eigenvalue weighted by molar-refractivity contribution is 5.68. The van der Waals surface area contributed by atoms with Crippen molar-refractivity contribution in [1.29, 1.82) is 0 Å². The summed E-state index contributed by atoms with van der Waals surface area (Å²) in [6.45, 7) is 2.80. The van der Waals surface area contributed by atoms with E-state index in [-0.39, 0.29) is 18.3 Å². The van der Waals surface area contributed by atoms with E-state index in [9.17, 15) is 19.8 Å². The number of ether oxygens (including phenoxy) is 2. The van der Waals surface area contributed by atoms with Gasteiger partial charge in [-0.1, -0.05) is 38.3 Å². The van der Waals surface area contributed by atoms with Crippen molar-refractivity contribution in [1.82, 2.24) is 9.55 Å². The number of rotatable bonds is 13. The fourth-order valence-electron chi connectivity index (χ4n) is 3.25. The average molecular weight is 421 g/mol. The molecule has 2 aromatic rings. The number of H-pyrrole nitrogens is 1. The van der Waals surface area contributed by atoms with E-state index in [2.05, 4.69) is 16.6 Å². The van der Waals surface area contributed by atoms with E-state index in [0.717, 1.165) is 24.8 Å². The van der Waals surface area contributed by atoms with Gasteiger partial charge in [0.05, 0.1) is 31.2 Å². The molecule has 0 spiro atoms. The van der Waals surface area contributed by atoms with E-state index in [1.54, 1.807) is 24.3 Å². The molecule has 0 aliphatic carbocycles. The quantitative estimate of drug-likeness (QED) is 0.339. The average Bonchev–Trinajstić information content (AvgIpc) is 3.03. The second-order valence-corrected chi connectivity index (χ2v) is 7.21. The van der Waals surface area contributed by atoms with Gasteiger partial charge in [0.15, 0.2) is 0 Å². The third kappa shape index (κ3) is 6.74. The minimum absolute atomic E-state index is 0.193. The van der Waals surface area contributed by atoms with Crippen LogP contribution in [0.15, 0.2) is 29.1 Å². The van der Waals surface area contributed by atoms with Crippen molar-refractivity contribution >= 4 is 5.97 Å². The fraction of sp³-hybridized carbons (Fsp3) is 0.545. The number of carbonyl (C=O) groups excluding carboxylic acids is 1.